The summed E-state index contributed by atoms with van der Waals surface area (Å²) in [5.41, 5.74) is -0.186. The Morgan fingerprint density at radius 2 is 1.12 bits per heavy atom. The van der Waals surface area contributed by atoms with Gasteiger partial charge in [0.1, 0.15) is 43.7 Å². The Hall–Kier alpha value is -4.39. The highest BCUT2D eigenvalue weighted by atomic mass is 32.2. The molecule has 0 aliphatic rings. The van der Waals surface area contributed by atoms with Crippen LogP contribution in [0.2, 0.25) is 0 Å². The van der Waals surface area contributed by atoms with Gasteiger partial charge in [0.15, 0.2) is 27.9 Å². The number of hydrogen-bond acceptors (Lipinski definition) is 10. The van der Waals surface area contributed by atoms with Crippen molar-refractivity contribution in [3.05, 3.63) is 103 Å². The molecule has 0 saturated carbocycles. The molecule has 0 amide bonds. The van der Waals surface area contributed by atoms with E-state index >= 15 is 0 Å². The lowest BCUT2D eigenvalue weighted by Gasteiger charge is -2.19. The Morgan fingerprint density at radius 3 is 1.48 bits per heavy atom. The number of nitrogens with zero attached hydrogens (tertiary/aromatic N) is 1. The van der Waals surface area contributed by atoms with Crippen LogP contribution in [0.5, 0.6) is 11.5 Å². The molecule has 1 aromatic heterocycles. The molecule has 0 fully saturated rings. The van der Waals surface area contributed by atoms with Crippen LogP contribution in [0.1, 0.15) is 47.1 Å². The molecule has 0 bridgehead atoms. The number of aryl methyl sites for hydroxylation is 1. The van der Waals surface area contributed by atoms with Crippen LogP contribution in [-0.4, -0.2) is 54.3 Å². The number of benzene rings is 3. The van der Waals surface area contributed by atoms with Crippen molar-refractivity contribution in [1.82, 2.24) is 4.98 Å². The lowest BCUT2D eigenvalue weighted by molar-refractivity contribution is -0.158. The fraction of sp³-hybridized carbons (Fsp3) is 0.306. The second-order valence-electron chi connectivity index (χ2n) is 12.5. The Kier molecular flexibility index (Phi) is 13.2. The van der Waals surface area contributed by atoms with Gasteiger partial charge in [-0.15, -0.1) is 0 Å². The molecule has 0 atom stereocenters. The molecule has 0 radical (unpaired) electrons. The number of pyridine rings is 1. The zero-order valence-electron chi connectivity index (χ0n) is 28.1. The van der Waals surface area contributed by atoms with Gasteiger partial charge >= 0.3 is 11.9 Å². The van der Waals surface area contributed by atoms with Crippen molar-refractivity contribution in [2.24, 2.45) is 0 Å². The van der Waals surface area contributed by atoms with Crippen LogP contribution in [0.4, 0.5) is 0 Å². The van der Waals surface area contributed by atoms with Gasteiger partial charge in [-0.05, 0) is 121 Å². The Morgan fingerprint density at radius 1 is 0.688 bits per heavy atom. The second-order valence-corrected chi connectivity index (χ2v) is 15.9. The lowest BCUT2D eigenvalue weighted by atomic mass is 10.2. The third-order valence-corrected chi connectivity index (χ3v) is 8.90. The zero-order valence-corrected chi connectivity index (χ0v) is 29.7. The molecule has 4 rings (SSSR count). The number of esters is 2. The number of hydrogen-bond donors (Lipinski definition) is 0. The van der Waals surface area contributed by atoms with E-state index in [2.05, 4.69) is 4.98 Å². The largest absolute Gasteiger partial charge is 0.744 e. The molecule has 0 unspecified atom stereocenters. The van der Waals surface area contributed by atoms with Crippen molar-refractivity contribution in [2.45, 2.75) is 79.3 Å². The molecule has 0 aliphatic carbocycles. The summed E-state index contributed by atoms with van der Waals surface area (Å²) in [6, 6.07) is 25.0. The predicted octanol–water partition coefficient (Wildman–Crippen LogP) is 6.52. The van der Waals surface area contributed by atoms with Gasteiger partial charge in [-0.2, -0.15) is 0 Å². The molecule has 256 valence electrons. The fourth-order valence-electron chi connectivity index (χ4n) is 3.95. The average Bonchev–Trinajstić information content (AvgIpc) is 2.99. The van der Waals surface area contributed by atoms with Crippen molar-refractivity contribution in [2.75, 3.05) is 13.2 Å². The quantitative estimate of drug-likeness (QED) is 0.102. The molecule has 0 saturated heterocycles. The van der Waals surface area contributed by atoms with E-state index < -0.39 is 44.2 Å². The molecule has 12 heteroatoms. The van der Waals surface area contributed by atoms with Crippen LogP contribution in [0.25, 0.3) is 0 Å². The third kappa shape index (κ3) is 13.4. The maximum absolute atomic E-state index is 12.0. The SMILES string of the molecule is CC(C)(C)OC(=O)COc1ccc([S+](c2ccc(OCC(=O)OC(C)(C)C)cc2)c2cccnc2)cc1.Cc1ccc(S(=O)(=O)[O-])cc1. The molecule has 10 nitrogen and oxygen atoms in total. The lowest BCUT2D eigenvalue weighted by Crippen LogP contribution is -2.27. The summed E-state index contributed by atoms with van der Waals surface area (Å²) in [4.78, 5) is 31.2. The van der Waals surface area contributed by atoms with Gasteiger partial charge in [0.05, 0.1) is 11.1 Å². The van der Waals surface area contributed by atoms with Crippen molar-refractivity contribution in [3.8, 4) is 11.5 Å². The Labute approximate surface area is 285 Å². The highest BCUT2D eigenvalue weighted by molar-refractivity contribution is 7.97. The summed E-state index contributed by atoms with van der Waals surface area (Å²) in [6.45, 7) is 12.4. The standard InChI is InChI=1S/C29H34NO6S.C7H8O3S/c1-28(2,3)35-26(31)19-33-21-9-13-23(14-10-21)37(25-8-7-17-30-18-25)24-15-11-22(12-16-24)34-20-27(32)36-29(4,5)6;1-6-2-4-7(5-3-6)11(8,9)10/h7-18H,19-20H2,1-6H3;2-5H,1H3,(H,8,9,10)/q+1;/p-1. The first-order chi connectivity index (χ1) is 22.4. The summed E-state index contributed by atoms with van der Waals surface area (Å²) < 4.78 is 53.0. The first kappa shape index (κ1) is 38.1. The monoisotopic (exact) mass is 695 g/mol. The van der Waals surface area contributed by atoms with E-state index in [0.717, 1.165) is 20.2 Å². The highest BCUT2D eigenvalue weighted by Crippen LogP contribution is 2.32. The van der Waals surface area contributed by atoms with Crippen LogP contribution < -0.4 is 9.47 Å². The number of carbonyl (C=O) groups excluding carboxylic acids is 2. The summed E-state index contributed by atoms with van der Waals surface area (Å²) in [5, 5.41) is 0. The van der Waals surface area contributed by atoms with Crippen LogP contribution in [0.3, 0.4) is 0 Å². The van der Waals surface area contributed by atoms with E-state index in [9.17, 15) is 22.6 Å². The molecular weight excluding hydrogens is 655 g/mol. The Bertz CT molecular complexity index is 1650. The molecule has 1 heterocycles. The normalized spacial score (nSPS) is 11.6. The number of carbonyl (C=O) groups is 2. The van der Waals surface area contributed by atoms with Gasteiger partial charge in [-0.25, -0.2) is 18.0 Å². The van der Waals surface area contributed by atoms with Gasteiger partial charge in [0.2, 0.25) is 0 Å². The van der Waals surface area contributed by atoms with Gasteiger partial charge in [-0.1, -0.05) is 17.7 Å². The van der Waals surface area contributed by atoms with Crippen molar-refractivity contribution in [1.29, 1.82) is 0 Å². The zero-order chi connectivity index (χ0) is 35.5. The van der Waals surface area contributed by atoms with E-state index in [4.69, 9.17) is 18.9 Å². The Balaban J connectivity index is 0.000000480. The average molecular weight is 696 g/mol. The van der Waals surface area contributed by atoms with E-state index in [1.807, 2.05) is 115 Å². The van der Waals surface area contributed by atoms with E-state index in [1.54, 1.807) is 18.3 Å². The van der Waals surface area contributed by atoms with Crippen molar-refractivity contribution < 1.29 is 41.5 Å². The first-order valence-corrected chi connectivity index (χ1v) is 17.6. The molecule has 0 aliphatic heterocycles. The topological polar surface area (TPSA) is 141 Å². The van der Waals surface area contributed by atoms with Crippen molar-refractivity contribution >= 4 is 33.0 Å². The minimum atomic E-state index is -4.27. The van der Waals surface area contributed by atoms with E-state index in [0.29, 0.717) is 11.5 Å². The van der Waals surface area contributed by atoms with Gasteiger partial charge in [-0.3, -0.25) is 4.98 Å². The number of rotatable bonds is 10. The van der Waals surface area contributed by atoms with E-state index in [1.165, 1.54) is 12.1 Å². The first-order valence-electron chi connectivity index (χ1n) is 15.0. The summed E-state index contributed by atoms with van der Waals surface area (Å²) in [6.07, 6.45) is 3.59. The van der Waals surface area contributed by atoms with Crippen LogP contribution in [0, 0.1) is 6.92 Å². The number of aromatic nitrogens is 1. The smallest absolute Gasteiger partial charge is 0.344 e. The molecular formula is C36H41NO9S2. The van der Waals surface area contributed by atoms with Crippen LogP contribution in [-0.2, 0) is 40.1 Å². The third-order valence-electron chi connectivity index (χ3n) is 5.85. The van der Waals surface area contributed by atoms with Crippen LogP contribution in [0.15, 0.2) is 117 Å². The maximum Gasteiger partial charge on any atom is 0.344 e. The fourth-order valence-corrected chi connectivity index (χ4v) is 6.43. The van der Waals surface area contributed by atoms with Gasteiger partial charge in [0.25, 0.3) is 0 Å². The molecule has 4 aromatic rings. The van der Waals surface area contributed by atoms with E-state index in [-0.39, 0.29) is 18.1 Å². The van der Waals surface area contributed by atoms with Crippen LogP contribution >= 0.6 is 0 Å². The summed E-state index contributed by atoms with van der Waals surface area (Å²) in [7, 11) is -4.71. The maximum atomic E-state index is 12.0. The van der Waals surface area contributed by atoms with Crippen molar-refractivity contribution in [3.63, 3.8) is 0 Å². The number of ether oxygens (including phenoxy) is 4. The second kappa shape index (κ2) is 16.6. The minimum absolute atomic E-state index is 0.157. The summed E-state index contributed by atoms with van der Waals surface area (Å²) in [5.74, 6) is 0.326. The predicted molar refractivity (Wildman–Crippen MR) is 181 cm³/mol. The minimum Gasteiger partial charge on any atom is -0.744 e. The molecule has 0 spiro atoms. The molecule has 48 heavy (non-hydrogen) atoms. The molecule has 3 aromatic carbocycles. The van der Waals surface area contributed by atoms with Gasteiger partial charge < -0.3 is 23.5 Å². The highest BCUT2D eigenvalue weighted by Gasteiger charge is 2.29. The summed E-state index contributed by atoms with van der Waals surface area (Å²) >= 11 is 0. The van der Waals surface area contributed by atoms with Gasteiger partial charge in [0, 0.05) is 6.20 Å². The molecule has 0 N–H and O–H groups in total.